The molecule has 10 heavy (non-hydrogen) atoms. The van der Waals surface area contributed by atoms with Crippen LogP contribution in [0.5, 0.6) is 0 Å². The summed E-state index contributed by atoms with van der Waals surface area (Å²) in [5.41, 5.74) is 0. The van der Waals surface area contributed by atoms with E-state index in [2.05, 4.69) is 22.0 Å². The molecule has 0 aliphatic carbocycles. The molecular formula is C7H6BrOS. The monoisotopic (exact) mass is 217 g/mol. The van der Waals surface area contributed by atoms with Gasteiger partial charge in [-0.1, -0.05) is 0 Å². The lowest BCUT2D eigenvalue weighted by atomic mass is 10.4. The van der Waals surface area contributed by atoms with Gasteiger partial charge in [-0.2, -0.15) is 0 Å². The first kappa shape index (κ1) is 8.11. The highest BCUT2D eigenvalue weighted by atomic mass is 79.9. The fourth-order valence-corrected chi connectivity index (χ4v) is 1.67. The third kappa shape index (κ3) is 2.01. The molecule has 1 rings (SSSR count). The van der Waals surface area contributed by atoms with Crippen LogP contribution in [0, 0.1) is 6.07 Å². The molecule has 0 aliphatic rings. The third-order valence-electron chi connectivity index (χ3n) is 1.07. The number of hydrogen-bond donors (Lipinski definition) is 0. The molecule has 0 amide bonds. The molecule has 53 valence electrons. The summed E-state index contributed by atoms with van der Waals surface area (Å²) in [6.45, 7) is 0. The molecule has 0 aliphatic heterocycles. The SMILES string of the molecule is C[S+]([O-])c1cc[c]c(Br)c1. The van der Waals surface area contributed by atoms with Crippen molar-refractivity contribution in [1.82, 2.24) is 0 Å². The molecule has 1 aromatic carbocycles. The zero-order chi connectivity index (χ0) is 7.56. The molecule has 0 saturated heterocycles. The average Bonchev–Trinajstić information content (AvgIpc) is 1.88. The highest BCUT2D eigenvalue weighted by molar-refractivity contribution is 9.10. The van der Waals surface area contributed by atoms with Gasteiger partial charge in [0.1, 0.15) is 6.26 Å². The minimum absolute atomic E-state index is 0.825. The lowest BCUT2D eigenvalue weighted by Gasteiger charge is -2.02. The topological polar surface area (TPSA) is 23.1 Å². The molecule has 1 nitrogen and oxygen atoms in total. The van der Waals surface area contributed by atoms with Gasteiger partial charge < -0.3 is 4.55 Å². The van der Waals surface area contributed by atoms with Crippen molar-refractivity contribution >= 4 is 27.1 Å². The van der Waals surface area contributed by atoms with E-state index in [4.69, 9.17) is 0 Å². The van der Waals surface area contributed by atoms with Gasteiger partial charge >= 0.3 is 0 Å². The van der Waals surface area contributed by atoms with Crippen molar-refractivity contribution in [2.75, 3.05) is 6.26 Å². The van der Waals surface area contributed by atoms with E-state index in [1.165, 1.54) is 0 Å². The van der Waals surface area contributed by atoms with Crippen LogP contribution in [0.2, 0.25) is 0 Å². The Hall–Kier alpha value is 0.01000. The van der Waals surface area contributed by atoms with Gasteiger partial charge in [0.2, 0.25) is 0 Å². The van der Waals surface area contributed by atoms with Gasteiger partial charge in [-0.25, -0.2) is 0 Å². The zero-order valence-corrected chi connectivity index (χ0v) is 7.83. The molecular weight excluding hydrogens is 212 g/mol. The maximum atomic E-state index is 10.9. The lowest BCUT2D eigenvalue weighted by molar-refractivity contribution is 0.601. The summed E-state index contributed by atoms with van der Waals surface area (Å²) < 4.78 is 11.7. The van der Waals surface area contributed by atoms with Crippen molar-refractivity contribution in [1.29, 1.82) is 0 Å². The van der Waals surface area contributed by atoms with Crippen LogP contribution in [0.3, 0.4) is 0 Å². The minimum Gasteiger partial charge on any atom is -0.612 e. The largest absolute Gasteiger partial charge is 0.612 e. The molecule has 0 N–H and O–H groups in total. The Morgan fingerprint density at radius 3 is 2.80 bits per heavy atom. The van der Waals surface area contributed by atoms with Crippen LogP contribution in [0.1, 0.15) is 0 Å². The van der Waals surface area contributed by atoms with Crippen molar-refractivity contribution in [3.63, 3.8) is 0 Å². The summed E-state index contributed by atoms with van der Waals surface area (Å²) >= 11 is 2.35. The van der Waals surface area contributed by atoms with Crippen LogP contribution >= 0.6 is 15.9 Å². The van der Waals surface area contributed by atoms with Crippen LogP contribution in [0.4, 0.5) is 0 Å². The molecule has 0 bridgehead atoms. The zero-order valence-electron chi connectivity index (χ0n) is 5.43. The van der Waals surface area contributed by atoms with Gasteiger partial charge in [-0.3, -0.25) is 0 Å². The van der Waals surface area contributed by atoms with E-state index >= 15 is 0 Å². The van der Waals surface area contributed by atoms with E-state index in [-0.39, 0.29) is 0 Å². The highest BCUT2D eigenvalue weighted by Gasteiger charge is 2.02. The Kier molecular flexibility index (Phi) is 2.77. The first-order valence-electron chi connectivity index (χ1n) is 2.71. The molecule has 1 atom stereocenters. The van der Waals surface area contributed by atoms with Crippen LogP contribution in [-0.2, 0) is 11.2 Å². The standard InChI is InChI=1S/C7H6BrOS/c1-10(9)7-4-2-3-6(8)5-7/h2,4-5H,1H3. The minimum atomic E-state index is -0.889. The summed E-state index contributed by atoms with van der Waals surface area (Å²) in [5, 5.41) is 0. The van der Waals surface area contributed by atoms with Gasteiger partial charge in [-0.15, -0.1) is 0 Å². The van der Waals surface area contributed by atoms with E-state index in [9.17, 15) is 4.55 Å². The summed E-state index contributed by atoms with van der Waals surface area (Å²) in [4.78, 5) is 0.825. The number of rotatable bonds is 1. The molecule has 0 aromatic heterocycles. The Morgan fingerprint density at radius 1 is 1.70 bits per heavy atom. The van der Waals surface area contributed by atoms with Gasteiger partial charge in [-0.05, 0) is 45.3 Å². The second-order valence-corrected chi connectivity index (χ2v) is 4.06. The summed E-state index contributed by atoms with van der Waals surface area (Å²) in [7, 11) is 0. The first-order chi connectivity index (χ1) is 4.70. The quantitative estimate of drug-likeness (QED) is 0.661. The molecule has 1 aromatic rings. The summed E-state index contributed by atoms with van der Waals surface area (Å²) in [5.74, 6) is 0. The highest BCUT2D eigenvalue weighted by Crippen LogP contribution is 2.14. The van der Waals surface area contributed by atoms with E-state index in [1.807, 2.05) is 0 Å². The van der Waals surface area contributed by atoms with E-state index in [0.717, 1.165) is 9.37 Å². The first-order valence-corrected chi connectivity index (χ1v) is 5.06. The molecule has 0 fully saturated rings. The number of hydrogen-bond acceptors (Lipinski definition) is 1. The second-order valence-electron chi connectivity index (χ2n) is 1.83. The van der Waals surface area contributed by atoms with Gasteiger partial charge in [0.25, 0.3) is 0 Å². The molecule has 1 unspecified atom stereocenters. The Morgan fingerprint density at radius 2 is 2.40 bits per heavy atom. The van der Waals surface area contributed by atoms with Crippen molar-refractivity contribution in [3.05, 3.63) is 28.7 Å². The molecule has 0 heterocycles. The van der Waals surface area contributed by atoms with Gasteiger partial charge in [0.15, 0.2) is 4.90 Å². The Balaban J connectivity index is 2.96. The lowest BCUT2D eigenvalue weighted by Crippen LogP contribution is -1.95. The predicted molar refractivity (Wildman–Crippen MR) is 45.3 cm³/mol. The van der Waals surface area contributed by atoms with Gasteiger partial charge in [0.05, 0.1) is 0 Å². The van der Waals surface area contributed by atoms with Crippen molar-refractivity contribution in [3.8, 4) is 0 Å². The third-order valence-corrected chi connectivity index (χ3v) is 2.45. The molecule has 0 saturated carbocycles. The maximum Gasteiger partial charge on any atom is 0.153 e. The number of halogens is 1. The maximum absolute atomic E-state index is 10.9. The van der Waals surface area contributed by atoms with Crippen LogP contribution in [0.15, 0.2) is 27.6 Å². The van der Waals surface area contributed by atoms with Gasteiger partial charge in [0, 0.05) is 10.5 Å². The second kappa shape index (κ2) is 3.42. The van der Waals surface area contributed by atoms with Crippen LogP contribution in [-0.4, -0.2) is 10.8 Å². The molecule has 1 radical (unpaired) electrons. The van der Waals surface area contributed by atoms with E-state index < -0.39 is 11.2 Å². The van der Waals surface area contributed by atoms with Crippen molar-refractivity contribution < 1.29 is 4.55 Å². The van der Waals surface area contributed by atoms with Crippen LogP contribution in [0.25, 0.3) is 0 Å². The molecule has 3 heteroatoms. The Labute approximate surface area is 71.8 Å². The Bertz CT molecular complexity index is 225. The smallest absolute Gasteiger partial charge is 0.153 e. The van der Waals surface area contributed by atoms with E-state index in [0.29, 0.717) is 0 Å². The van der Waals surface area contributed by atoms with Crippen LogP contribution < -0.4 is 0 Å². The summed E-state index contributed by atoms with van der Waals surface area (Å²) in [6.07, 6.45) is 1.65. The van der Waals surface area contributed by atoms with E-state index in [1.54, 1.807) is 24.5 Å². The summed E-state index contributed by atoms with van der Waals surface area (Å²) in [6, 6.07) is 8.25. The molecule has 0 spiro atoms. The fourth-order valence-electron chi connectivity index (χ4n) is 0.597. The fraction of sp³-hybridized carbons (Fsp3) is 0.143. The van der Waals surface area contributed by atoms with Crippen molar-refractivity contribution in [2.45, 2.75) is 4.90 Å². The number of benzene rings is 1. The normalized spacial score (nSPS) is 13.1. The predicted octanol–water partition coefficient (Wildman–Crippen LogP) is 1.99. The van der Waals surface area contributed by atoms with Crippen molar-refractivity contribution in [2.24, 2.45) is 0 Å². The average molecular weight is 218 g/mol.